The molecule has 0 saturated carbocycles. The number of alkyl halides is 3. The lowest BCUT2D eigenvalue weighted by atomic mass is 10.2. The van der Waals surface area contributed by atoms with Crippen molar-refractivity contribution in [2.45, 2.75) is 18.3 Å². The average molecular weight is 428 g/mol. The number of rotatable bonds is 5. The monoisotopic (exact) mass is 427 g/mol. The topological polar surface area (TPSA) is 72.7 Å². The van der Waals surface area contributed by atoms with Crippen LogP contribution in [0.3, 0.4) is 0 Å². The molecule has 0 atom stereocenters. The average Bonchev–Trinajstić information content (AvgIpc) is 3.10. The van der Waals surface area contributed by atoms with Crippen LogP contribution in [0.15, 0.2) is 47.6 Å². The minimum absolute atomic E-state index is 0.0100. The Morgan fingerprint density at radius 1 is 1.21 bits per heavy atom. The fourth-order valence-corrected chi connectivity index (χ4v) is 3.09. The van der Waals surface area contributed by atoms with E-state index in [-0.39, 0.29) is 16.5 Å². The van der Waals surface area contributed by atoms with Crippen molar-refractivity contribution < 1.29 is 18.0 Å². The van der Waals surface area contributed by atoms with Gasteiger partial charge in [-0.05, 0) is 47.7 Å². The van der Waals surface area contributed by atoms with E-state index in [4.69, 9.17) is 11.6 Å². The Morgan fingerprint density at radius 3 is 2.61 bits per heavy atom. The third-order valence-electron chi connectivity index (χ3n) is 3.62. The minimum atomic E-state index is -4.53. The predicted molar refractivity (Wildman–Crippen MR) is 99.7 cm³/mol. The quantitative estimate of drug-likeness (QED) is 0.612. The van der Waals surface area contributed by atoms with E-state index in [9.17, 15) is 18.0 Å². The van der Waals surface area contributed by atoms with E-state index in [0.717, 1.165) is 41.2 Å². The van der Waals surface area contributed by atoms with Crippen LogP contribution in [-0.2, 0) is 11.0 Å². The second-order valence-corrected chi connectivity index (χ2v) is 7.09. The summed E-state index contributed by atoms with van der Waals surface area (Å²) in [5.41, 5.74) is 0.784. The number of halogens is 4. The van der Waals surface area contributed by atoms with Gasteiger partial charge < -0.3 is 5.32 Å². The molecule has 11 heteroatoms. The van der Waals surface area contributed by atoms with Crippen molar-refractivity contribution in [1.82, 2.24) is 20.2 Å². The summed E-state index contributed by atoms with van der Waals surface area (Å²) >= 11 is 6.93. The molecule has 3 aromatic rings. The number of hydrogen-bond donors (Lipinski definition) is 1. The summed E-state index contributed by atoms with van der Waals surface area (Å²) in [5, 5.41) is 14.1. The zero-order valence-electron chi connectivity index (χ0n) is 14.4. The minimum Gasteiger partial charge on any atom is -0.324 e. The maximum atomic E-state index is 12.8. The zero-order chi connectivity index (χ0) is 20.3. The van der Waals surface area contributed by atoms with Crippen molar-refractivity contribution >= 4 is 35.0 Å². The van der Waals surface area contributed by atoms with Crippen molar-refractivity contribution in [3.63, 3.8) is 0 Å². The van der Waals surface area contributed by atoms with E-state index in [0.29, 0.717) is 5.16 Å². The summed E-state index contributed by atoms with van der Waals surface area (Å²) < 4.78 is 39.9. The fraction of sp³-hybridized carbons (Fsp3) is 0.176. The van der Waals surface area contributed by atoms with Gasteiger partial charge in [0.1, 0.15) is 0 Å². The number of amides is 1. The molecule has 6 nitrogen and oxygen atoms in total. The molecule has 0 unspecified atom stereocenters. The SMILES string of the molecule is Cc1ccc(-n2nnnc2SCC(=O)Nc2cc(C(F)(F)F)ccc2Cl)cc1. The first-order valence-corrected chi connectivity index (χ1v) is 9.25. The summed E-state index contributed by atoms with van der Waals surface area (Å²) in [7, 11) is 0. The number of aromatic nitrogens is 4. The normalized spacial score (nSPS) is 11.5. The zero-order valence-corrected chi connectivity index (χ0v) is 15.9. The summed E-state index contributed by atoms with van der Waals surface area (Å²) in [6.45, 7) is 1.95. The number of benzene rings is 2. The number of nitrogens with zero attached hydrogens (tertiary/aromatic N) is 4. The molecular formula is C17H13ClF3N5OS. The van der Waals surface area contributed by atoms with Gasteiger partial charge in [0.05, 0.1) is 27.7 Å². The maximum absolute atomic E-state index is 12.8. The largest absolute Gasteiger partial charge is 0.416 e. The molecule has 2 aromatic carbocycles. The van der Waals surface area contributed by atoms with Gasteiger partial charge in [0.25, 0.3) is 0 Å². The Bertz CT molecular complexity index is 991. The molecule has 146 valence electrons. The summed E-state index contributed by atoms with van der Waals surface area (Å²) in [6, 6.07) is 10.2. The molecule has 1 heterocycles. The van der Waals surface area contributed by atoms with Crippen LogP contribution in [0.4, 0.5) is 18.9 Å². The van der Waals surface area contributed by atoms with E-state index in [2.05, 4.69) is 20.8 Å². The molecule has 3 rings (SSSR count). The molecule has 1 amide bonds. The molecule has 0 aliphatic heterocycles. The molecule has 1 aromatic heterocycles. The summed E-state index contributed by atoms with van der Waals surface area (Å²) in [6.07, 6.45) is -4.53. The second-order valence-electron chi connectivity index (χ2n) is 5.74. The van der Waals surface area contributed by atoms with Gasteiger partial charge in [-0.1, -0.05) is 41.1 Å². The first kappa shape index (κ1) is 20.2. The van der Waals surface area contributed by atoms with E-state index < -0.39 is 17.6 Å². The number of carbonyl (C=O) groups is 1. The van der Waals surface area contributed by atoms with Gasteiger partial charge in [0, 0.05) is 0 Å². The van der Waals surface area contributed by atoms with Crippen molar-refractivity contribution in [3.8, 4) is 5.69 Å². The van der Waals surface area contributed by atoms with E-state index in [1.807, 2.05) is 31.2 Å². The number of thioether (sulfide) groups is 1. The highest BCUT2D eigenvalue weighted by Crippen LogP contribution is 2.34. The van der Waals surface area contributed by atoms with Crippen molar-refractivity contribution in [1.29, 1.82) is 0 Å². The first-order chi connectivity index (χ1) is 13.2. The van der Waals surface area contributed by atoms with Crippen LogP contribution in [0.25, 0.3) is 5.69 Å². The van der Waals surface area contributed by atoms with Gasteiger partial charge in [-0.15, -0.1) is 5.10 Å². The molecule has 0 aliphatic rings. The smallest absolute Gasteiger partial charge is 0.324 e. The van der Waals surface area contributed by atoms with Crippen molar-refractivity contribution in [2.75, 3.05) is 11.1 Å². The van der Waals surface area contributed by atoms with Gasteiger partial charge in [-0.3, -0.25) is 4.79 Å². The highest BCUT2D eigenvalue weighted by molar-refractivity contribution is 7.99. The van der Waals surface area contributed by atoms with Crippen LogP contribution in [0.1, 0.15) is 11.1 Å². The highest BCUT2D eigenvalue weighted by atomic mass is 35.5. The molecule has 0 saturated heterocycles. The predicted octanol–water partition coefficient (Wildman–Crippen LogP) is 4.37. The van der Waals surface area contributed by atoms with Crippen molar-refractivity contribution in [2.24, 2.45) is 0 Å². The molecule has 1 N–H and O–H groups in total. The number of carbonyl (C=O) groups excluding carboxylic acids is 1. The van der Waals surface area contributed by atoms with Gasteiger partial charge >= 0.3 is 6.18 Å². The molecule has 0 bridgehead atoms. The molecular weight excluding hydrogens is 415 g/mol. The Balaban J connectivity index is 1.68. The Labute approximate surface area is 167 Å². The van der Waals surface area contributed by atoms with Crippen LogP contribution in [0, 0.1) is 6.92 Å². The van der Waals surface area contributed by atoms with Crippen LogP contribution >= 0.6 is 23.4 Å². The van der Waals surface area contributed by atoms with Crippen LogP contribution in [-0.4, -0.2) is 31.9 Å². The Kier molecular flexibility index (Phi) is 5.90. The molecule has 0 fully saturated rings. The molecule has 0 aliphatic carbocycles. The van der Waals surface area contributed by atoms with E-state index >= 15 is 0 Å². The standard InChI is InChI=1S/C17H13ClF3N5OS/c1-10-2-5-12(6-3-10)26-16(23-24-25-26)28-9-15(27)22-14-8-11(17(19,20)21)4-7-13(14)18/h2-8H,9H2,1H3,(H,22,27). The lowest BCUT2D eigenvalue weighted by Gasteiger charge is -2.11. The van der Waals surface area contributed by atoms with Gasteiger partial charge in [0.2, 0.25) is 11.1 Å². The first-order valence-electron chi connectivity index (χ1n) is 7.89. The molecule has 28 heavy (non-hydrogen) atoms. The third-order valence-corrected chi connectivity index (χ3v) is 4.87. The second kappa shape index (κ2) is 8.19. The summed E-state index contributed by atoms with van der Waals surface area (Å²) in [4.78, 5) is 12.2. The van der Waals surface area contributed by atoms with E-state index in [1.165, 1.54) is 4.68 Å². The van der Waals surface area contributed by atoms with Crippen LogP contribution < -0.4 is 5.32 Å². The van der Waals surface area contributed by atoms with Crippen LogP contribution in [0.5, 0.6) is 0 Å². The number of tetrazole rings is 1. The highest BCUT2D eigenvalue weighted by Gasteiger charge is 2.31. The lowest BCUT2D eigenvalue weighted by molar-refractivity contribution is -0.137. The Morgan fingerprint density at radius 2 is 1.93 bits per heavy atom. The number of aryl methyl sites for hydroxylation is 1. The number of hydrogen-bond acceptors (Lipinski definition) is 5. The molecule has 0 radical (unpaired) electrons. The summed E-state index contributed by atoms with van der Waals surface area (Å²) in [5.74, 6) is -0.650. The third kappa shape index (κ3) is 4.82. The fourth-order valence-electron chi connectivity index (χ4n) is 2.23. The van der Waals surface area contributed by atoms with E-state index in [1.54, 1.807) is 0 Å². The van der Waals surface area contributed by atoms with Crippen LogP contribution in [0.2, 0.25) is 5.02 Å². The molecule has 0 spiro atoms. The van der Waals surface area contributed by atoms with Gasteiger partial charge in [-0.2, -0.15) is 17.9 Å². The van der Waals surface area contributed by atoms with Gasteiger partial charge in [-0.25, -0.2) is 0 Å². The number of anilines is 1. The maximum Gasteiger partial charge on any atom is 0.416 e. The van der Waals surface area contributed by atoms with Gasteiger partial charge in [0.15, 0.2) is 0 Å². The number of nitrogens with one attached hydrogen (secondary N) is 1. The Hall–Kier alpha value is -2.59. The van der Waals surface area contributed by atoms with Crippen molar-refractivity contribution in [3.05, 3.63) is 58.6 Å². The lowest BCUT2D eigenvalue weighted by Crippen LogP contribution is -2.16.